The fourth-order valence-corrected chi connectivity index (χ4v) is 2.05. The minimum absolute atomic E-state index is 0.370. The molecule has 0 aliphatic rings. The van der Waals surface area contributed by atoms with Crippen LogP contribution >= 0.6 is 0 Å². The lowest BCUT2D eigenvalue weighted by Crippen LogP contribution is -2.44. The minimum Gasteiger partial charge on any atom is -0.444 e. The van der Waals surface area contributed by atoms with E-state index >= 15 is 0 Å². The Morgan fingerprint density at radius 3 is 2.28 bits per heavy atom. The first-order chi connectivity index (χ1) is 11.7. The molecule has 0 fully saturated rings. The van der Waals surface area contributed by atoms with Crippen molar-refractivity contribution in [2.45, 2.75) is 39.3 Å². The molecule has 2 rings (SSSR count). The van der Waals surface area contributed by atoms with Gasteiger partial charge in [0.05, 0.1) is 0 Å². The molecule has 6 heteroatoms. The minimum atomic E-state index is -0.745. The summed E-state index contributed by atoms with van der Waals surface area (Å²) in [7, 11) is 0. The van der Waals surface area contributed by atoms with Crippen LogP contribution in [0.1, 0.15) is 27.7 Å². The lowest BCUT2D eigenvalue weighted by molar-refractivity contribution is -0.117. The molecule has 0 spiro atoms. The van der Waals surface area contributed by atoms with Gasteiger partial charge in [-0.2, -0.15) is 0 Å². The van der Waals surface area contributed by atoms with Gasteiger partial charge in [0.15, 0.2) is 0 Å². The number of hydrogen-bond donors (Lipinski definition) is 2. The van der Waals surface area contributed by atoms with E-state index in [1.165, 1.54) is 0 Å². The first-order valence-electron chi connectivity index (χ1n) is 8.06. The quantitative estimate of drug-likeness (QED) is 0.890. The van der Waals surface area contributed by atoms with E-state index in [0.29, 0.717) is 5.82 Å². The van der Waals surface area contributed by atoms with Crippen LogP contribution in [0.25, 0.3) is 11.1 Å². The highest BCUT2D eigenvalue weighted by molar-refractivity contribution is 5.95. The molecule has 1 aromatic carbocycles. The third-order valence-corrected chi connectivity index (χ3v) is 3.25. The average Bonchev–Trinajstić information content (AvgIpc) is 2.54. The Kier molecular flexibility index (Phi) is 5.75. The number of alkyl carbamates (subject to hydrolysis) is 1. The Morgan fingerprint density at radius 2 is 1.72 bits per heavy atom. The van der Waals surface area contributed by atoms with E-state index in [9.17, 15) is 9.59 Å². The zero-order valence-corrected chi connectivity index (χ0v) is 14.9. The Hall–Kier alpha value is -2.89. The van der Waals surface area contributed by atoms with Crippen LogP contribution in [0.3, 0.4) is 0 Å². The molecule has 0 saturated heterocycles. The van der Waals surface area contributed by atoms with Crippen LogP contribution in [-0.2, 0) is 9.53 Å². The summed E-state index contributed by atoms with van der Waals surface area (Å²) in [4.78, 5) is 28.1. The largest absolute Gasteiger partial charge is 0.444 e. The Bertz CT molecular complexity index is 722. The molecular formula is C19H23N3O3. The van der Waals surface area contributed by atoms with E-state index in [2.05, 4.69) is 15.6 Å². The topological polar surface area (TPSA) is 80.3 Å². The number of hydrogen-bond acceptors (Lipinski definition) is 4. The van der Waals surface area contributed by atoms with Crippen molar-refractivity contribution in [3.8, 4) is 11.1 Å². The van der Waals surface area contributed by atoms with Crippen LogP contribution in [0.2, 0.25) is 0 Å². The van der Waals surface area contributed by atoms with Gasteiger partial charge < -0.3 is 15.4 Å². The number of carbonyl (C=O) groups excluding carboxylic acids is 2. The molecular weight excluding hydrogens is 318 g/mol. The third kappa shape index (κ3) is 5.91. The third-order valence-electron chi connectivity index (χ3n) is 3.25. The van der Waals surface area contributed by atoms with Gasteiger partial charge in [0.2, 0.25) is 5.91 Å². The number of nitrogens with zero attached hydrogens (tertiary/aromatic N) is 1. The van der Waals surface area contributed by atoms with Gasteiger partial charge in [-0.1, -0.05) is 30.3 Å². The van der Waals surface area contributed by atoms with Gasteiger partial charge in [-0.3, -0.25) is 4.79 Å². The van der Waals surface area contributed by atoms with E-state index in [-0.39, 0.29) is 5.91 Å². The maximum absolute atomic E-state index is 12.1. The number of aromatic nitrogens is 1. The molecule has 2 N–H and O–H groups in total. The van der Waals surface area contributed by atoms with E-state index in [0.717, 1.165) is 11.1 Å². The number of nitrogens with one attached hydrogen (secondary N) is 2. The van der Waals surface area contributed by atoms with Crippen molar-refractivity contribution in [1.29, 1.82) is 0 Å². The fraction of sp³-hybridized carbons (Fsp3) is 0.316. The van der Waals surface area contributed by atoms with Gasteiger partial charge in [-0.25, -0.2) is 9.78 Å². The number of rotatable bonds is 4. The molecule has 0 radical (unpaired) electrons. The highest BCUT2D eigenvalue weighted by Crippen LogP contribution is 2.19. The van der Waals surface area contributed by atoms with Gasteiger partial charge >= 0.3 is 6.09 Å². The molecule has 0 aliphatic carbocycles. The van der Waals surface area contributed by atoms with E-state index in [4.69, 9.17) is 4.74 Å². The van der Waals surface area contributed by atoms with Gasteiger partial charge in [-0.15, -0.1) is 0 Å². The van der Waals surface area contributed by atoms with Crippen molar-refractivity contribution in [2.75, 3.05) is 5.32 Å². The normalized spacial score (nSPS) is 12.2. The van der Waals surface area contributed by atoms with Crippen LogP contribution < -0.4 is 10.6 Å². The second-order valence-corrected chi connectivity index (χ2v) is 6.66. The first-order valence-corrected chi connectivity index (χ1v) is 8.06. The summed E-state index contributed by atoms with van der Waals surface area (Å²) in [5, 5.41) is 5.16. The lowest BCUT2D eigenvalue weighted by Gasteiger charge is -2.21. The Morgan fingerprint density at radius 1 is 1.04 bits per heavy atom. The molecule has 0 aliphatic heterocycles. The standard InChI is InChI=1S/C19H23N3O3/c1-13(21-18(24)25-19(2,3)4)17(23)22-16-11-10-15(12-20-16)14-8-6-5-7-9-14/h5-13H,1-4H3,(H,21,24)(H,20,22,23)/t13-/m0/s1. The summed E-state index contributed by atoms with van der Waals surface area (Å²) in [6.07, 6.45) is 1.05. The molecule has 2 amide bonds. The smallest absolute Gasteiger partial charge is 0.408 e. The van der Waals surface area contributed by atoms with Crippen LogP contribution in [0, 0.1) is 0 Å². The summed E-state index contributed by atoms with van der Waals surface area (Å²) in [6, 6.07) is 12.7. The predicted molar refractivity (Wildman–Crippen MR) is 97.1 cm³/mol. The maximum Gasteiger partial charge on any atom is 0.408 e. The second kappa shape index (κ2) is 7.79. The molecule has 2 aromatic rings. The fourth-order valence-electron chi connectivity index (χ4n) is 2.05. The number of carbonyl (C=O) groups is 2. The number of amides is 2. The molecule has 0 bridgehead atoms. The number of anilines is 1. The van der Waals surface area contributed by atoms with Crippen molar-refractivity contribution in [3.63, 3.8) is 0 Å². The highest BCUT2D eigenvalue weighted by atomic mass is 16.6. The summed E-state index contributed by atoms with van der Waals surface area (Å²) in [6.45, 7) is 6.86. The Balaban J connectivity index is 1.93. The number of ether oxygens (including phenoxy) is 1. The molecule has 1 heterocycles. The summed E-state index contributed by atoms with van der Waals surface area (Å²) < 4.78 is 5.13. The van der Waals surface area contributed by atoms with E-state index < -0.39 is 17.7 Å². The lowest BCUT2D eigenvalue weighted by atomic mass is 10.1. The molecule has 6 nitrogen and oxygen atoms in total. The van der Waals surface area contributed by atoms with Crippen molar-refractivity contribution >= 4 is 17.8 Å². The van der Waals surface area contributed by atoms with Crippen molar-refractivity contribution in [2.24, 2.45) is 0 Å². The van der Waals surface area contributed by atoms with Crippen LogP contribution in [0.5, 0.6) is 0 Å². The summed E-state index contributed by atoms with van der Waals surface area (Å²) >= 11 is 0. The van der Waals surface area contributed by atoms with E-state index in [1.54, 1.807) is 40.0 Å². The molecule has 1 atom stereocenters. The number of benzene rings is 1. The zero-order valence-electron chi connectivity index (χ0n) is 14.9. The highest BCUT2D eigenvalue weighted by Gasteiger charge is 2.21. The molecule has 132 valence electrons. The monoisotopic (exact) mass is 341 g/mol. The van der Waals surface area contributed by atoms with Crippen molar-refractivity contribution in [3.05, 3.63) is 48.7 Å². The summed E-state index contributed by atoms with van der Waals surface area (Å²) in [5.41, 5.74) is 1.39. The molecule has 0 unspecified atom stereocenters. The molecule has 1 aromatic heterocycles. The van der Waals surface area contributed by atoms with Gasteiger partial charge in [-0.05, 0) is 45.4 Å². The van der Waals surface area contributed by atoms with Gasteiger partial charge in [0.1, 0.15) is 17.5 Å². The van der Waals surface area contributed by atoms with Gasteiger partial charge in [0, 0.05) is 11.8 Å². The van der Waals surface area contributed by atoms with Gasteiger partial charge in [0.25, 0.3) is 0 Å². The van der Waals surface area contributed by atoms with E-state index in [1.807, 2.05) is 36.4 Å². The maximum atomic E-state index is 12.1. The zero-order chi connectivity index (χ0) is 18.4. The number of pyridine rings is 1. The van der Waals surface area contributed by atoms with Crippen LogP contribution in [0.15, 0.2) is 48.7 Å². The molecule has 0 saturated carbocycles. The predicted octanol–water partition coefficient (Wildman–Crippen LogP) is 3.60. The molecule has 25 heavy (non-hydrogen) atoms. The van der Waals surface area contributed by atoms with Crippen molar-refractivity contribution < 1.29 is 14.3 Å². The first kappa shape index (κ1) is 18.4. The Labute approximate surface area is 147 Å². The second-order valence-electron chi connectivity index (χ2n) is 6.66. The summed E-state index contributed by atoms with van der Waals surface area (Å²) in [5.74, 6) is 0.0494. The average molecular weight is 341 g/mol. The SMILES string of the molecule is C[C@H](NC(=O)OC(C)(C)C)C(=O)Nc1ccc(-c2ccccc2)cn1. The van der Waals surface area contributed by atoms with Crippen LogP contribution in [0.4, 0.5) is 10.6 Å². The van der Waals surface area contributed by atoms with Crippen molar-refractivity contribution in [1.82, 2.24) is 10.3 Å². The van der Waals surface area contributed by atoms with Crippen LogP contribution in [-0.4, -0.2) is 28.6 Å².